The van der Waals surface area contributed by atoms with Crippen LogP contribution in [0, 0.1) is 23.6 Å². The molecule has 2 N–H and O–H groups in total. The summed E-state index contributed by atoms with van der Waals surface area (Å²) in [6.07, 6.45) is 8.62. The molecule has 0 aliphatic heterocycles. The van der Waals surface area contributed by atoms with E-state index in [4.69, 9.17) is 0 Å². The number of carbonyl (C=O) groups is 1. The predicted molar refractivity (Wildman–Crippen MR) is 94.3 cm³/mol. The van der Waals surface area contributed by atoms with E-state index in [9.17, 15) is 9.18 Å². The van der Waals surface area contributed by atoms with Crippen molar-refractivity contribution in [3.05, 3.63) is 34.1 Å². The van der Waals surface area contributed by atoms with Gasteiger partial charge in [0.15, 0.2) is 0 Å². The largest absolute Gasteiger partial charge is 0.335 e. The lowest BCUT2D eigenvalue weighted by Crippen LogP contribution is -2.61. The minimum absolute atomic E-state index is 0.0463. The minimum atomic E-state index is -0.370. The minimum Gasteiger partial charge on any atom is -0.331 e. The zero-order chi connectivity index (χ0) is 16.7. The Morgan fingerprint density at radius 1 is 1.21 bits per heavy atom. The van der Waals surface area contributed by atoms with E-state index in [-0.39, 0.29) is 17.4 Å². The van der Waals surface area contributed by atoms with Crippen molar-refractivity contribution >= 4 is 28.2 Å². The van der Waals surface area contributed by atoms with Crippen LogP contribution in [0.15, 0.2) is 27.8 Å². The SMILES string of the molecule is O=C(N/N=C\c1cc(Br)ccc1F)NC12CC3CC(CC(C3)C1)C2. The van der Waals surface area contributed by atoms with Crippen molar-refractivity contribution in [2.45, 2.75) is 44.1 Å². The molecule has 0 spiro atoms. The van der Waals surface area contributed by atoms with Crippen LogP contribution in [0.1, 0.15) is 44.1 Å². The topological polar surface area (TPSA) is 53.5 Å². The highest BCUT2D eigenvalue weighted by Gasteiger charge is 2.51. The number of rotatable bonds is 3. The van der Waals surface area contributed by atoms with Crippen molar-refractivity contribution in [3.8, 4) is 0 Å². The van der Waals surface area contributed by atoms with E-state index < -0.39 is 0 Å². The normalized spacial score (nSPS) is 33.8. The molecule has 2 amide bonds. The summed E-state index contributed by atoms with van der Waals surface area (Å²) in [7, 11) is 0. The summed E-state index contributed by atoms with van der Waals surface area (Å²) in [5, 5.41) is 7.06. The maximum Gasteiger partial charge on any atom is 0.335 e. The van der Waals surface area contributed by atoms with Crippen molar-refractivity contribution in [2.75, 3.05) is 0 Å². The van der Waals surface area contributed by atoms with Gasteiger partial charge in [-0.1, -0.05) is 15.9 Å². The number of urea groups is 1. The fourth-order valence-corrected chi connectivity index (χ4v) is 5.69. The molecule has 4 fully saturated rings. The lowest BCUT2D eigenvalue weighted by molar-refractivity contribution is -0.0135. The summed E-state index contributed by atoms with van der Waals surface area (Å²) in [5.41, 5.74) is 2.78. The van der Waals surface area contributed by atoms with Gasteiger partial charge in [-0.2, -0.15) is 5.10 Å². The molecule has 5 rings (SSSR count). The summed E-state index contributed by atoms with van der Waals surface area (Å²) < 4.78 is 14.4. The van der Waals surface area contributed by atoms with Gasteiger partial charge in [-0.25, -0.2) is 14.6 Å². The molecule has 0 radical (unpaired) electrons. The summed E-state index contributed by atoms with van der Waals surface area (Å²) >= 11 is 3.29. The van der Waals surface area contributed by atoms with Crippen molar-refractivity contribution in [3.63, 3.8) is 0 Å². The van der Waals surface area contributed by atoms with E-state index in [1.807, 2.05) is 0 Å². The molecule has 4 saturated carbocycles. The quantitative estimate of drug-likeness (QED) is 0.586. The molecule has 24 heavy (non-hydrogen) atoms. The Balaban J connectivity index is 1.37. The molecule has 4 nitrogen and oxygen atoms in total. The molecular formula is C18H21BrFN3O. The third-order valence-electron chi connectivity index (χ3n) is 5.74. The van der Waals surface area contributed by atoms with Crippen LogP contribution in [0.4, 0.5) is 9.18 Å². The first-order valence-electron chi connectivity index (χ1n) is 8.58. The Labute approximate surface area is 149 Å². The molecule has 4 bridgehead atoms. The molecule has 128 valence electrons. The predicted octanol–water partition coefficient (Wildman–Crippen LogP) is 4.19. The number of halogens is 2. The number of nitrogens with one attached hydrogen (secondary N) is 2. The summed E-state index contributed by atoms with van der Waals surface area (Å²) in [5.74, 6) is 1.95. The Hall–Kier alpha value is -1.43. The van der Waals surface area contributed by atoms with Gasteiger partial charge in [-0.3, -0.25) is 0 Å². The average Bonchev–Trinajstić information content (AvgIpc) is 2.48. The van der Waals surface area contributed by atoms with E-state index >= 15 is 0 Å². The van der Waals surface area contributed by atoms with Crippen LogP contribution in [0.5, 0.6) is 0 Å². The van der Waals surface area contributed by atoms with Gasteiger partial charge in [-0.15, -0.1) is 0 Å². The highest BCUT2D eigenvalue weighted by molar-refractivity contribution is 9.10. The number of hydrazone groups is 1. The third kappa shape index (κ3) is 3.21. The van der Waals surface area contributed by atoms with Gasteiger partial charge < -0.3 is 5.32 Å². The highest BCUT2D eigenvalue weighted by atomic mass is 79.9. The van der Waals surface area contributed by atoms with Crippen molar-refractivity contribution in [1.82, 2.24) is 10.7 Å². The summed E-state index contributed by atoms with van der Waals surface area (Å²) in [6, 6.07) is 4.32. The molecule has 0 saturated heterocycles. The standard InChI is InChI=1S/C18H21BrFN3O/c19-15-1-2-16(20)14(6-15)10-21-23-17(24)22-18-7-11-3-12(8-18)5-13(4-11)9-18/h1-2,6,10-13H,3-5,7-9H2,(H2,22,23,24)/b21-10-. The second-order valence-electron chi connectivity index (χ2n) is 7.69. The summed E-state index contributed by atoms with van der Waals surface area (Å²) in [6.45, 7) is 0. The number of carbonyl (C=O) groups excluding carboxylic acids is 1. The zero-order valence-electron chi connectivity index (χ0n) is 13.4. The van der Waals surface area contributed by atoms with E-state index in [1.165, 1.54) is 31.5 Å². The van der Waals surface area contributed by atoms with Crippen LogP contribution < -0.4 is 10.7 Å². The van der Waals surface area contributed by atoms with Crippen LogP contribution >= 0.6 is 15.9 Å². The van der Waals surface area contributed by atoms with Crippen molar-refractivity contribution in [1.29, 1.82) is 0 Å². The van der Waals surface area contributed by atoms with Gasteiger partial charge in [-0.05, 0) is 74.5 Å². The van der Waals surface area contributed by atoms with Crippen molar-refractivity contribution < 1.29 is 9.18 Å². The number of nitrogens with zero attached hydrogens (tertiary/aromatic N) is 1. The van der Waals surface area contributed by atoms with Gasteiger partial charge >= 0.3 is 6.03 Å². The molecule has 1 aromatic rings. The molecule has 0 aromatic heterocycles. The van der Waals surface area contributed by atoms with Gasteiger partial charge in [0, 0.05) is 15.6 Å². The molecule has 4 aliphatic rings. The van der Waals surface area contributed by atoms with E-state index in [0.717, 1.165) is 41.5 Å². The maximum atomic E-state index is 13.6. The van der Waals surface area contributed by atoms with Crippen LogP contribution in [-0.2, 0) is 0 Å². The molecular weight excluding hydrogens is 373 g/mol. The van der Waals surface area contributed by atoms with Gasteiger partial charge in [0.1, 0.15) is 5.82 Å². The fraction of sp³-hybridized carbons (Fsp3) is 0.556. The van der Waals surface area contributed by atoms with Gasteiger partial charge in [0.2, 0.25) is 0 Å². The first kappa shape index (κ1) is 16.1. The van der Waals surface area contributed by atoms with E-state index in [2.05, 4.69) is 31.8 Å². The number of hydrogen-bond donors (Lipinski definition) is 2. The summed E-state index contributed by atoms with van der Waals surface area (Å²) in [4.78, 5) is 12.2. The molecule has 0 unspecified atom stereocenters. The Kier molecular flexibility index (Phi) is 4.11. The lowest BCUT2D eigenvalue weighted by atomic mass is 9.53. The Bertz CT molecular complexity index is 656. The Morgan fingerprint density at radius 3 is 2.46 bits per heavy atom. The first-order valence-corrected chi connectivity index (χ1v) is 9.37. The first-order chi connectivity index (χ1) is 11.5. The smallest absolute Gasteiger partial charge is 0.331 e. The van der Waals surface area contributed by atoms with Gasteiger partial charge in [0.25, 0.3) is 0 Å². The average molecular weight is 394 g/mol. The van der Waals surface area contributed by atoms with Crippen LogP contribution in [0.3, 0.4) is 0 Å². The molecule has 0 atom stereocenters. The highest BCUT2D eigenvalue weighted by Crippen LogP contribution is 2.55. The zero-order valence-corrected chi connectivity index (χ0v) is 15.0. The maximum absolute atomic E-state index is 13.6. The van der Waals surface area contributed by atoms with Crippen LogP contribution in [0.25, 0.3) is 0 Å². The monoisotopic (exact) mass is 393 g/mol. The third-order valence-corrected chi connectivity index (χ3v) is 6.24. The molecule has 0 heterocycles. The Morgan fingerprint density at radius 2 is 1.83 bits per heavy atom. The van der Waals surface area contributed by atoms with E-state index in [1.54, 1.807) is 12.1 Å². The second-order valence-corrected chi connectivity index (χ2v) is 8.60. The molecule has 1 aromatic carbocycles. The van der Waals surface area contributed by atoms with E-state index in [0.29, 0.717) is 5.56 Å². The number of hydrogen-bond acceptors (Lipinski definition) is 2. The van der Waals surface area contributed by atoms with Crippen LogP contribution in [-0.4, -0.2) is 17.8 Å². The molecule has 6 heteroatoms. The molecule has 4 aliphatic carbocycles. The van der Waals surface area contributed by atoms with Crippen LogP contribution in [0.2, 0.25) is 0 Å². The lowest BCUT2D eigenvalue weighted by Gasteiger charge is -2.56. The fourth-order valence-electron chi connectivity index (χ4n) is 5.31. The number of benzene rings is 1. The number of amides is 2. The second kappa shape index (κ2) is 6.14. The van der Waals surface area contributed by atoms with Crippen molar-refractivity contribution in [2.24, 2.45) is 22.9 Å². The van der Waals surface area contributed by atoms with Gasteiger partial charge in [0.05, 0.1) is 6.21 Å².